The van der Waals surface area contributed by atoms with Crippen molar-refractivity contribution >= 4 is 5.82 Å². The Bertz CT molecular complexity index is 800. The van der Waals surface area contributed by atoms with Crippen LogP contribution in [0.2, 0.25) is 0 Å². The Morgan fingerprint density at radius 2 is 1.92 bits per heavy atom. The first kappa shape index (κ1) is 16.8. The standard InChI is InChI=1S/C21H25N5/c1-2-9-23-21(5-1)24-12-8-19-15-25(14-18-6-10-22-11-7-18)17-20-4-3-13-26(20)16-19/h1-7,9-11,13,19H,8,12,14-17H2,(H,23,24)/t19-/m1/s1. The fourth-order valence-electron chi connectivity index (χ4n) is 3.69. The zero-order chi connectivity index (χ0) is 17.6. The molecule has 0 aliphatic carbocycles. The number of pyridine rings is 2. The third-order valence-electron chi connectivity index (χ3n) is 4.96. The highest BCUT2D eigenvalue weighted by molar-refractivity contribution is 5.32. The third kappa shape index (κ3) is 4.29. The van der Waals surface area contributed by atoms with Gasteiger partial charge in [0.1, 0.15) is 5.82 Å². The van der Waals surface area contributed by atoms with Gasteiger partial charge in [0.05, 0.1) is 0 Å². The Morgan fingerprint density at radius 1 is 1.00 bits per heavy atom. The van der Waals surface area contributed by atoms with Crippen LogP contribution in [0, 0.1) is 5.92 Å². The van der Waals surface area contributed by atoms with E-state index in [9.17, 15) is 0 Å². The Kier molecular flexibility index (Phi) is 5.26. The molecular formula is C21H25N5. The molecular weight excluding hydrogens is 322 g/mol. The van der Waals surface area contributed by atoms with Crippen LogP contribution in [0.25, 0.3) is 0 Å². The first-order valence-corrected chi connectivity index (χ1v) is 9.27. The van der Waals surface area contributed by atoms with Crippen molar-refractivity contribution in [2.45, 2.75) is 26.1 Å². The van der Waals surface area contributed by atoms with E-state index in [4.69, 9.17) is 0 Å². The van der Waals surface area contributed by atoms with E-state index in [0.29, 0.717) is 5.92 Å². The maximum absolute atomic E-state index is 4.35. The van der Waals surface area contributed by atoms with Gasteiger partial charge in [-0.15, -0.1) is 0 Å². The summed E-state index contributed by atoms with van der Waals surface area (Å²) in [5.41, 5.74) is 2.73. The summed E-state index contributed by atoms with van der Waals surface area (Å²) >= 11 is 0. The molecule has 0 aromatic carbocycles. The molecule has 0 saturated heterocycles. The molecule has 1 atom stereocenters. The number of nitrogens with one attached hydrogen (secondary N) is 1. The Labute approximate surface area is 154 Å². The Morgan fingerprint density at radius 3 is 2.77 bits per heavy atom. The minimum atomic E-state index is 0.613. The summed E-state index contributed by atoms with van der Waals surface area (Å²) in [5, 5.41) is 3.45. The van der Waals surface area contributed by atoms with Gasteiger partial charge < -0.3 is 9.88 Å². The summed E-state index contributed by atoms with van der Waals surface area (Å²) in [4.78, 5) is 11.0. The van der Waals surface area contributed by atoms with Crippen LogP contribution in [0.4, 0.5) is 5.82 Å². The van der Waals surface area contributed by atoms with Crippen LogP contribution < -0.4 is 5.32 Å². The molecule has 3 aromatic rings. The molecule has 134 valence electrons. The Hall–Kier alpha value is -2.66. The average Bonchev–Trinajstić information content (AvgIpc) is 3.03. The van der Waals surface area contributed by atoms with Gasteiger partial charge in [-0.2, -0.15) is 0 Å². The van der Waals surface area contributed by atoms with Crippen molar-refractivity contribution in [2.24, 2.45) is 5.92 Å². The molecule has 0 saturated carbocycles. The molecule has 0 bridgehead atoms. The van der Waals surface area contributed by atoms with E-state index in [1.807, 2.05) is 36.8 Å². The lowest BCUT2D eigenvalue weighted by Gasteiger charge is -2.24. The van der Waals surface area contributed by atoms with Crippen molar-refractivity contribution in [2.75, 3.05) is 18.4 Å². The molecule has 0 unspecified atom stereocenters. The number of fused-ring (bicyclic) bond motifs is 1. The number of nitrogens with zero attached hydrogens (tertiary/aromatic N) is 4. The lowest BCUT2D eigenvalue weighted by Crippen LogP contribution is -2.28. The van der Waals surface area contributed by atoms with Crippen molar-refractivity contribution in [3.05, 3.63) is 78.5 Å². The lowest BCUT2D eigenvalue weighted by atomic mass is 10.0. The van der Waals surface area contributed by atoms with Crippen molar-refractivity contribution in [3.63, 3.8) is 0 Å². The average molecular weight is 347 g/mol. The van der Waals surface area contributed by atoms with E-state index in [0.717, 1.165) is 45.0 Å². The van der Waals surface area contributed by atoms with Crippen LogP contribution in [-0.2, 0) is 19.6 Å². The maximum Gasteiger partial charge on any atom is 0.125 e. The summed E-state index contributed by atoms with van der Waals surface area (Å²) in [6.07, 6.45) is 8.93. The summed E-state index contributed by atoms with van der Waals surface area (Å²) < 4.78 is 2.41. The smallest absolute Gasteiger partial charge is 0.125 e. The topological polar surface area (TPSA) is 46.0 Å². The van der Waals surface area contributed by atoms with E-state index >= 15 is 0 Å². The van der Waals surface area contributed by atoms with E-state index < -0.39 is 0 Å². The van der Waals surface area contributed by atoms with Gasteiger partial charge >= 0.3 is 0 Å². The van der Waals surface area contributed by atoms with Gasteiger partial charge in [0.25, 0.3) is 0 Å². The number of hydrogen-bond donors (Lipinski definition) is 1. The minimum absolute atomic E-state index is 0.613. The fraction of sp³-hybridized carbons (Fsp3) is 0.333. The van der Waals surface area contributed by atoms with Crippen molar-refractivity contribution in [1.29, 1.82) is 0 Å². The van der Waals surface area contributed by atoms with E-state index in [1.165, 1.54) is 11.3 Å². The molecule has 4 heterocycles. The number of aromatic nitrogens is 3. The van der Waals surface area contributed by atoms with Gasteiger partial charge in [-0.25, -0.2) is 4.98 Å². The first-order valence-electron chi connectivity index (χ1n) is 9.27. The Balaban J connectivity index is 1.40. The third-order valence-corrected chi connectivity index (χ3v) is 4.96. The second kappa shape index (κ2) is 8.15. The highest BCUT2D eigenvalue weighted by Crippen LogP contribution is 2.21. The van der Waals surface area contributed by atoms with Crippen LogP contribution in [0.15, 0.2) is 67.3 Å². The van der Waals surface area contributed by atoms with Gasteiger partial charge in [-0.05, 0) is 54.3 Å². The first-order chi connectivity index (χ1) is 12.9. The van der Waals surface area contributed by atoms with E-state index in [-0.39, 0.29) is 0 Å². The quantitative estimate of drug-likeness (QED) is 0.742. The van der Waals surface area contributed by atoms with Gasteiger partial charge in [0, 0.05) is 63.2 Å². The van der Waals surface area contributed by atoms with Crippen molar-refractivity contribution in [3.8, 4) is 0 Å². The zero-order valence-electron chi connectivity index (χ0n) is 15.0. The van der Waals surface area contributed by atoms with Gasteiger partial charge in [0.15, 0.2) is 0 Å². The molecule has 1 aliphatic heterocycles. The number of hydrogen-bond acceptors (Lipinski definition) is 4. The molecule has 3 aromatic heterocycles. The fourth-order valence-corrected chi connectivity index (χ4v) is 3.69. The molecule has 0 spiro atoms. The second-order valence-electron chi connectivity index (χ2n) is 6.97. The van der Waals surface area contributed by atoms with Crippen LogP contribution >= 0.6 is 0 Å². The zero-order valence-corrected chi connectivity index (χ0v) is 15.0. The van der Waals surface area contributed by atoms with Crippen LogP contribution in [-0.4, -0.2) is 32.5 Å². The van der Waals surface area contributed by atoms with Crippen LogP contribution in [0.1, 0.15) is 17.7 Å². The maximum atomic E-state index is 4.35. The molecule has 0 amide bonds. The van der Waals surface area contributed by atoms with Gasteiger partial charge in [-0.1, -0.05) is 6.07 Å². The van der Waals surface area contributed by atoms with E-state index in [2.05, 4.69) is 55.2 Å². The largest absolute Gasteiger partial charge is 0.370 e. The van der Waals surface area contributed by atoms with Crippen LogP contribution in [0.3, 0.4) is 0 Å². The number of rotatable bonds is 6. The van der Waals surface area contributed by atoms with Crippen molar-refractivity contribution in [1.82, 2.24) is 19.4 Å². The molecule has 1 N–H and O–H groups in total. The van der Waals surface area contributed by atoms with Crippen molar-refractivity contribution < 1.29 is 0 Å². The summed E-state index contributed by atoms with van der Waals surface area (Å²) in [6.45, 7) is 5.10. The van der Waals surface area contributed by atoms with Gasteiger partial charge in [0.2, 0.25) is 0 Å². The summed E-state index contributed by atoms with van der Waals surface area (Å²) in [6, 6.07) is 14.6. The highest BCUT2D eigenvalue weighted by atomic mass is 15.2. The molecule has 5 heteroatoms. The monoisotopic (exact) mass is 347 g/mol. The summed E-state index contributed by atoms with van der Waals surface area (Å²) in [5.74, 6) is 1.57. The SMILES string of the molecule is c1ccc(NCC[C@@H]2CN(Cc3ccncc3)Cc3cccn3C2)nc1. The molecule has 0 radical (unpaired) electrons. The van der Waals surface area contributed by atoms with Gasteiger partial charge in [-0.3, -0.25) is 9.88 Å². The molecule has 0 fully saturated rings. The molecule has 4 rings (SSSR count). The highest BCUT2D eigenvalue weighted by Gasteiger charge is 2.21. The summed E-state index contributed by atoms with van der Waals surface area (Å²) in [7, 11) is 0. The molecule has 26 heavy (non-hydrogen) atoms. The normalized spacial score (nSPS) is 17.5. The predicted octanol–water partition coefficient (Wildman–Crippen LogP) is 3.41. The minimum Gasteiger partial charge on any atom is -0.370 e. The lowest BCUT2D eigenvalue weighted by molar-refractivity contribution is 0.217. The second-order valence-corrected chi connectivity index (χ2v) is 6.97. The molecule has 1 aliphatic rings. The van der Waals surface area contributed by atoms with E-state index in [1.54, 1.807) is 0 Å². The van der Waals surface area contributed by atoms with Crippen LogP contribution in [0.5, 0.6) is 0 Å². The molecule has 5 nitrogen and oxygen atoms in total. The number of anilines is 1. The predicted molar refractivity (Wildman–Crippen MR) is 104 cm³/mol.